The number of aromatic hydroxyl groups is 1. The molecule has 1 N–H and O–H groups in total. The first-order chi connectivity index (χ1) is 5.77. The van der Waals surface area contributed by atoms with E-state index < -0.39 is 0 Å². The summed E-state index contributed by atoms with van der Waals surface area (Å²) in [6.45, 7) is 0.774. The Bertz CT molecular complexity index is 310. The quantitative estimate of drug-likeness (QED) is 0.740. The molecule has 0 saturated heterocycles. The van der Waals surface area contributed by atoms with E-state index in [0.29, 0.717) is 5.75 Å². The molecule has 1 aromatic rings. The third-order valence-electron chi connectivity index (χ3n) is 1.94. The van der Waals surface area contributed by atoms with Crippen LogP contribution >= 0.6 is 15.9 Å². The van der Waals surface area contributed by atoms with Crippen LogP contribution in [0.5, 0.6) is 11.5 Å². The van der Waals surface area contributed by atoms with E-state index in [1.165, 1.54) is 0 Å². The van der Waals surface area contributed by atoms with Gasteiger partial charge in [-0.25, -0.2) is 0 Å². The molecule has 0 unspecified atom stereocenters. The van der Waals surface area contributed by atoms with Crippen molar-refractivity contribution in [3.63, 3.8) is 0 Å². The Balaban J connectivity index is 2.53. The van der Waals surface area contributed by atoms with Crippen molar-refractivity contribution >= 4 is 15.9 Å². The smallest absolute Gasteiger partial charge is 0.136 e. The SMILES string of the molecule is Oc1cc(Br)c2c(c1)CCCO2. The number of hydrogen-bond acceptors (Lipinski definition) is 2. The van der Waals surface area contributed by atoms with Crippen molar-refractivity contribution < 1.29 is 9.84 Å². The first-order valence-corrected chi connectivity index (χ1v) is 4.71. The standard InChI is InChI=1S/C9H9BrO2/c10-8-5-7(11)4-6-2-1-3-12-9(6)8/h4-5,11H,1-3H2. The summed E-state index contributed by atoms with van der Waals surface area (Å²) in [5, 5.41) is 9.28. The molecule has 2 rings (SSSR count). The first kappa shape index (κ1) is 7.92. The van der Waals surface area contributed by atoms with Gasteiger partial charge in [-0.3, -0.25) is 0 Å². The number of aryl methyl sites for hydroxylation is 1. The van der Waals surface area contributed by atoms with Gasteiger partial charge >= 0.3 is 0 Å². The Morgan fingerprint density at radius 2 is 2.25 bits per heavy atom. The van der Waals surface area contributed by atoms with Gasteiger partial charge in [-0.1, -0.05) is 0 Å². The van der Waals surface area contributed by atoms with E-state index in [1.807, 2.05) is 0 Å². The summed E-state index contributed by atoms with van der Waals surface area (Å²) in [6.07, 6.45) is 2.02. The van der Waals surface area contributed by atoms with Gasteiger partial charge in [0.15, 0.2) is 0 Å². The van der Waals surface area contributed by atoms with Crippen molar-refractivity contribution in [3.05, 3.63) is 22.2 Å². The van der Waals surface area contributed by atoms with Crippen molar-refractivity contribution in [1.29, 1.82) is 0 Å². The molecule has 0 bridgehead atoms. The number of halogens is 1. The van der Waals surface area contributed by atoms with Crippen LogP contribution in [-0.4, -0.2) is 11.7 Å². The number of phenols is 1. The molecule has 1 aliphatic heterocycles. The molecule has 0 saturated carbocycles. The Labute approximate surface area is 79.3 Å². The Morgan fingerprint density at radius 1 is 1.42 bits per heavy atom. The van der Waals surface area contributed by atoms with E-state index in [1.54, 1.807) is 12.1 Å². The van der Waals surface area contributed by atoms with Crippen LogP contribution < -0.4 is 4.74 Å². The minimum absolute atomic E-state index is 0.297. The van der Waals surface area contributed by atoms with Gasteiger partial charge in [0, 0.05) is 0 Å². The predicted octanol–water partition coefficient (Wildman–Crippen LogP) is 2.48. The lowest BCUT2D eigenvalue weighted by Crippen LogP contribution is -2.08. The van der Waals surface area contributed by atoms with Gasteiger partial charge < -0.3 is 9.84 Å². The highest BCUT2D eigenvalue weighted by Crippen LogP contribution is 2.36. The molecular weight excluding hydrogens is 220 g/mol. The van der Waals surface area contributed by atoms with Crippen molar-refractivity contribution in [2.24, 2.45) is 0 Å². The van der Waals surface area contributed by atoms with Crippen LogP contribution in [0.15, 0.2) is 16.6 Å². The minimum Gasteiger partial charge on any atom is -0.508 e. The van der Waals surface area contributed by atoms with Gasteiger partial charge in [0.1, 0.15) is 11.5 Å². The normalized spacial score (nSPS) is 15.1. The van der Waals surface area contributed by atoms with Gasteiger partial charge in [0.05, 0.1) is 11.1 Å². The molecule has 0 radical (unpaired) electrons. The summed E-state index contributed by atoms with van der Waals surface area (Å²) < 4.78 is 6.30. The zero-order valence-electron chi connectivity index (χ0n) is 6.51. The van der Waals surface area contributed by atoms with Crippen LogP contribution in [0.4, 0.5) is 0 Å². The molecule has 1 aromatic carbocycles. The topological polar surface area (TPSA) is 29.5 Å². The van der Waals surface area contributed by atoms with E-state index in [0.717, 1.165) is 35.2 Å². The fourth-order valence-electron chi connectivity index (χ4n) is 1.42. The second-order valence-electron chi connectivity index (χ2n) is 2.87. The molecular formula is C9H9BrO2. The average Bonchev–Trinajstić information content (AvgIpc) is 2.04. The summed E-state index contributed by atoms with van der Waals surface area (Å²) in [4.78, 5) is 0. The highest BCUT2D eigenvalue weighted by atomic mass is 79.9. The van der Waals surface area contributed by atoms with Crippen LogP contribution in [0.1, 0.15) is 12.0 Å². The van der Waals surface area contributed by atoms with E-state index in [4.69, 9.17) is 4.74 Å². The highest BCUT2D eigenvalue weighted by Gasteiger charge is 2.14. The van der Waals surface area contributed by atoms with Gasteiger partial charge in [0.2, 0.25) is 0 Å². The number of ether oxygens (including phenoxy) is 1. The first-order valence-electron chi connectivity index (χ1n) is 3.91. The maximum atomic E-state index is 9.28. The van der Waals surface area contributed by atoms with Gasteiger partial charge in [0.25, 0.3) is 0 Å². The summed E-state index contributed by atoms with van der Waals surface area (Å²) in [5.41, 5.74) is 1.09. The maximum absolute atomic E-state index is 9.28. The lowest BCUT2D eigenvalue weighted by atomic mass is 10.1. The number of benzene rings is 1. The molecule has 2 nitrogen and oxygen atoms in total. The molecule has 64 valence electrons. The molecule has 1 heterocycles. The van der Waals surface area contributed by atoms with Crippen LogP contribution in [0.3, 0.4) is 0 Å². The van der Waals surface area contributed by atoms with Gasteiger partial charge in [-0.15, -0.1) is 0 Å². The predicted molar refractivity (Wildman–Crippen MR) is 49.6 cm³/mol. The van der Waals surface area contributed by atoms with Crippen LogP contribution in [0, 0.1) is 0 Å². The van der Waals surface area contributed by atoms with Crippen LogP contribution in [-0.2, 0) is 6.42 Å². The number of phenolic OH excluding ortho intramolecular Hbond substituents is 1. The molecule has 1 aliphatic rings. The third kappa shape index (κ3) is 1.29. The molecule has 0 aromatic heterocycles. The minimum atomic E-state index is 0.297. The van der Waals surface area contributed by atoms with Crippen molar-refractivity contribution in [1.82, 2.24) is 0 Å². The Morgan fingerprint density at radius 3 is 3.08 bits per heavy atom. The molecule has 0 amide bonds. The highest BCUT2D eigenvalue weighted by molar-refractivity contribution is 9.10. The molecule has 0 aliphatic carbocycles. The van der Waals surface area contributed by atoms with Crippen LogP contribution in [0.2, 0.25) is 0 Å². The maximum Gasteiger partial charge on any atom is 0.136 e. The van der Waals surface area contributed by atoms with E-state index in [9.17, 15) is 5.11 Å². The Hall–Kier alpha value is -0.700. The fourth-order valence-corrected chi connectivity index (χ4v) is 2.02. The second-order valence-corrected chi connectivity index (χ2v) is 3.72. The molecule has 0 atom stereocenters. The lowest BCUT2D eigenvalue weighted by molar-refractivity contribution is 0.285. The summed E-state index contributed by atoms with van der Waals surface area (Å²) in [7, 11) is 0. The largest absolute Gasteiger partial charge is 0.508 e. The zero-order chi connectivity index (χ0) is 8.55. The van der Waals surface area contributed by atoms with Gasteiger partial charge in [-0.05, 0) is 46.5 Å². The fraction of sp³-hybridized carbons (Fsp3) is 0.333. The molecule has 3 heteroatoms. The second kappa shape index (κ2) is 2.98. The zero-order valence-corrected chi connectivity index (χ0v) is 8.10. The molecule has 0 spiro atoms. The van der Waals surface area contributed by atoms with E-state index >= 15 is 0 Å². The summed E-state index contributed by atoms with van der Waals surface area (Å²) in [6, 6.07) is 3.42. The van der Waals surface area contributed by atoms with Crippen molar-refractivity contribution in [2.75, 3.05) is 6.61 Å². The van der Waals surface area contributed by atoms with Crippen molar-refractivity contribution in [2.45, 2.75) is 12.8 Å². The van der Waals surface area contributed by atoms with Gasteiger partial charge in [-0.2, -0.15) is 0 Å². The molecule has 0 fully saturated rings. The molecule has 12 heavy (non-hydrogen) atoms. The number of rotatable bonds is 0. The van der Waals surface area contributed by atoms with Crippen molar-refractivity contribution in [3.8, 4) is 11.5 Å². The van der Waals surface area contributed by atoms with E-state index in [2.05, 4.69) is 15.9 Å². The van der Waals surface area contributed by atoms with E-state index in [-0.39, 0.29) is 0 Å². The average molecular weight is 229 g/mol. The summed E-state index contributed by atoms with van der Waals surface area (Å²) >= 11 is 3.35. The Kier molecular flexibility index (Phi) is 1.97. The number of hydrogen-bond donors (Lipinski definition) is 1. The summed E-state index contributed by atoms with van der Waals surface area (Å²) in [5.74, 6) is 1.19. The lowest BCUT2D eigenvalue weighted by Gasteiger charge is -2.18. The van der Waals surface area contributed by atoms with Crippen LogP contribution in [0.25, 0.3) is 0 Å². The third-order valence-corrected chi connectivity index (χ3v) is 2.53. The number of fused-ring (bicyclic) bond motifs is 1. The monoisotopic (exact) mass is 228 g/mol.